The highest BCUT2D eigenvalue weighted by molar-refractivity contribution is 7.00. The van der Waals surface area contributed by atoms with E-state index in [-0.39, 0.29) is 6.71 Å². The maximum absolute atomic E-state index is 7.50. The normalized spacial score (nSPS) is 12.6. The van der Waals surface area contributed by atoms with Crippen LogP contribution in [0.25, 0.3) is 121 Å². The second-order valence-electron chi connectivity index (χ2n) is 23.9. The largest absolute Gasteiger partial charge is 0.454 e. The van der Waals surface area contributed by atoms with Gasteiger partial charge in [0.25, 0.3) is 6.71 Å². The van der Waals surface area contributed by atoms with Crippen molar-refractivity contribution in [3.05, 3.63) is 322 Å². The van der Waals surface area contributed by atoms with Crippen LogP contribution in [0.5, 0.6) is 0 Å². The molecule has 0 radical (unpaired) electrons. The molecule has 0 unspecified atom stereocenters. The van der Waals surface area contributed by atoms with Crippen molar-refractivity contribution in [1.29, 1.82) is 0 Å². The van der Waals surface area contributed by atoms with Crippen LogP contribution >= 0.6 is 0 Å². The summed E-state index contributed by atoms with van der Waals surface area (Å²) in [6, 6.07) is 118. The molecule has 0 saturated carbocycles. The van der Waals surface area contributed by atoms with Crippen molar-refractivity contribution in [2.24, 2.45) is 0 Å². The van der Waals surface area contributed by atoms with E-state index >= 15 is 0 Å². The topological polar surface area (TPSA) is 29.5 Å². The standard InChI is InChI=1S/C84H53BN4O/c1-4-22-54(23-5-1)56-40-44-58(45-41-56)62-28-10-16-34-72(62)88-77-49-48-61(87-74-36-18-12-30-64(74)65-31-13-19-37-75(65)87)50-70(77)85-71-53-78-68(66-32-14-20-38-76(66)86(78)60-26-8-3-9-27-60)51-79(71)89(83-82(85)80(88)52-69-67-33-15-21-39-81(67)90-84(69)83)73-35-17-11-29-63(73)59-46-42-57(43-47-59)55-24-6-2-7-25-55/h1-53H. The minimum atomic E-state index is -0.292. The SMILES string of the molecule is c1ccc(-c2ccc(-c3ccccc3N3c4ccc(-n5c6ccccc6c6ccccc65)cc4B4c5cc6c(cc5N(c5ccccc5-c5ccc(-c7ccccc7)cc5)c5c4c3cc3c5oc4ccccc43)c3ccccc3n6-c3ccccc3)cc2)cc1. The monoisotopic (exact) mass is 1140 g/mol. The molecule has 0 fully saturated rings. The highest BCUT2D eigenvalue weighted by Crippen LogP contribution is 2.53. The van der Waals surface area contributed by atoms with Crippen LogP contribution in [0, 0.1) is 0 Å². The van der Waals surface area contributed by atoms with Crippen LogP contribution in [0.15, 0.2) is 326 Å². The fourth-order valence-corrected chi connectivity index (χ4v) is 15.2. The summed E-state index contributed by atoms with van der Waals surface area (Å²) < 4.78 is 12.4. The van der Waals surface area contributed by atoms with E-state index in [0.717, 1.165) is 101 Å². The van der Waals surface area contributed by atoms with Crippen molar-refractivity contribution >= 4 is 123 Å². The Kier molecular flexibility index (Phi) is 11.1. The van der Waals surface area contributed by atoms with E-state index in [1.807, 2.05) is 0 Å². The molecule has 0 spiro atoms. The Morgan fingerprint density at radius 3 is 1.30 bits per heavy atom. The lowest BCUT2D eigenvalue weighted by molar-refractivity contribution is 0.669. The van der Waals surface area contributed by atoms with Crippen molar-refractivity contribution in [3.8, 4) is 55.9 Å². The molecule has 418 valence electrons. The molecule has 17 aromatic rings. The van der Waals surface area contributed by atoms with Crippen LogP contribution < -0.4 is 26.2 Å². The zero-order valence-electron chi connectivity index (χ0n) is 48.9. The van der Waals surface area contributed by atoms with Gasteiger partial charge in [0.2, 0.25) is 0 Å². The third-order valence-electron chi connectivity index (χ3n) is 19.1. The molecule has 0 N–H and O–H groups in total. The summed E-state index contributed by atoms with van der Waals surface area (Å²) in [7, 11) is 0. The number of anilines is 6. The molecule has 0 aliphatic carbocycles. The molecule has 0 saturated heterocycles. The predicted octanol–water partition coefficient (Wildman–Crippen LogP) is 20.5. The summed E-state index contributed by atoms with van der Waals surface area (Å²) in [5.74, 6) is 0. The first-order valence-electron chi connectivity index (χ1n) is 31.0. The van der Waals surface area contributed by atoms with E-state index < -0.39 is 0 Å². The van der Waals surface area contributed by atoms with Crippen molar-refractivity contribution in [2.75, 3.05) is 9.80 Å². The second kappa shape index (κ2) is 19.8. The third-order valence-corrected chi connectivity index (χ3v) is 19.1. The van der Waals surface area contributed by atoms with Gasteiger partial charge in [-0.05, 0) is 135 Å². The average Bonchev–Trinajstić information content (AvgIpc) is 1.14. The molecule has 0 amide bonds. The zero-order valence-corrected chi connectivity index (χ0v) is 48.9. The van der Waals surface area contributed by atoms with Gasteiger partial charge in [-0.25, -0.2) is 0 Å². The number of furan rings is 1. The molecule has 19 rings (SSSR count). The number of nitrogens with zero attached hydrogens (tertiary/aromatic N) is 4. The first kappa shape index (κ1) is 50.3. The maximum atomic E-state index is 7.50. The summed E-state index contributed by atoms with van der Waals surface area (Å²) >= 11 is 0. The van der Waals surface area contributed by atoms with Crippen molar-refractivity contribution in [2.45, 2.75) is 0 Å². The van der Waals surface area contributed by atoms with Crippen LogP contribution in [0.3, 0.4) is 0 Å². The maximum Gasteiger partial charge on any atom is 0.252 e. The number of hydrogen-bond acceptors (Lipinski definition) is 3. The summed E-state index contributed by atoms with van der Waals surface area (Å²) in [5, 5.41) is 6.93. The van der Waals surface area contributed by atoms with Gasteiger partial charge in [-0.1, -0.05) is 237 Å². The van der Waals surface area contributed by atoms with E-state index in [9.17, 15) is 0 Å². The van der Waals surface area contributed by atoms with Gasteiger partial charge >= 0.3 is 0 Å². The highest BCUT2D eigenvalue weighted by atomic mass is 16.3. The Balaban J connectivity index is 0.957. The molecular weight excluding hydrogens is 1090 g/mol. The minimum Gasteiger partial charge on any atom is -0.454 e. The number of hydrogen-bond donors (Lipinski definition) is 0. The average molecular weight is 1150 g/mol. The van der Waals surface area contributed by atoms with Gasteiger partial charge in [0, 0.05) is 71.9 Å². The van der Waals surface area contributed by atoms with E-state index in [4.69, 9.17) is 4.42 Å². The quantitative estimate of drug-likeness (QED) is 0.142. The van der Waals surface area contributed by atoms with Crippen LogP contribution in [0.2, 0.25) is 0 Å². The lowest BCUT2D eigenvalue weighted by atomic mass is 9.33. The number of para-hydroxylation sites is 7. The third kappa shape index (κ3) is 7.52. The van der Waals surface area contributed by atoms with Crippen molar-refractivity contribution < 1.29 is 4.42 Å². The van der Waals surface area contributed by atoms with Crippen LogP contribution in [0.4, 0.5) is 34.1 Å². The Labute approximate surface area is 520 Å². The number of benzene rings is 14. The minimum absolute atomic E-state index is 0.292. The molecule has 2 aliphatic rings. The van der Waals surface area contributed by atoms with Gasteiger partial charge in [0.1, 0.15) is 5.58 Å². The van der Waals surface area contributed by atoms with Crippen molar-refractivity contribution in [1.82, 2.24) is 9.13 Å². The van der Waals surface area contributed by atoms with Gasteiger partial charge in [0.05, 0.1) is 39.1 Å². The molecular formula is C84H53BN4O. The van der Waals surface area contributed by atoms with E-state index in [1.165, 1.54) is 71.2 Å². The van der Waals surface area contributed by atoms with E-state index in [1.54, 1.807) is 0 Å². The molecule has 0 atom stereocenters. The van der Waals surface area contributed by atoms with Crippen LogP contribution in [-0.2, 0) is 0 Å². The smallest absolute Gasteiger partial charge is 0.252 e. The molecule has 6 heteroatoms. The van der Waals surface area contributed by atoms with Gasteiger partial charge < -0.3 is 23.4 Å². The number of rotatable bonds is 8. The number of aromatic nitrogens is 2. The van der Waals surface area contributed by atoms with Gasteiger partial charge in [0.15, 0.2) is 5.58 Å². The first-order valence-corrected chi connectivity index (χ1v) is 31.0. The van der Waals surface area contributed by atoms with E-state index in [2.05, 4.69) is 340 Å². The Morgan fingerprint density at radius 1 is 0.256 bits per heavy atom. The van der Waals surface area contributed by atoms with Gasteiger partial charge in [-0.2, -0.15) is 0 Å². The Morgan fingerprint density at radius 2 is 0.700 bits per heavy atom. The Hall–Kier alpha value is -11.9. The van der Waals surface area contributed by atoms with Gasteiger partial charge in [-0.3, -0.25) is 0 Å². The fraction of sp³-hybridized carbons (Fsp3) is 0. The van der Waals surface area contributed by atoms with Crippen molar-refractivity contribution in [3.63, 3.8) is 0 Å². The van der Waals surface area contributed by atoms with Crippen LogP contribution in [0.1, 0.15) is 0 Å². The lowest BCUT2D eigenvalue weighted by Gasteiger charge is -2.45. The Bertz CT molecular complexity index is 5680. The molecule has 3 aromatic heterocycles. The van der Waals surface area contributed by atoms with Crippen LogP contribution in [-0.4, -0.2) is 15.8 Å². The molecule has 90 heavy (non-hydrogen) atoms. The summed E-state index contributed by atoms with van der Waals surface area (Å²) in [4.78, 5) is 5.16. The second-order valence-corrected chi connectivity index (χ2v) is 23.9. The number of fused-ring (bicyclic) bond motifs is 14. The highest BCUT2D eigenvalue weighted by Gasteiger charge is 2.47. The lowest BCUT2D eigenvalue weighted by Crippen LogP contribution is -2.61. The van der Waals surface area contributed by atoms with Gasteiger partial charge in [-0.15, -0.1) is 0 Å². The predicted molar refractivity (Wildman–Crippen MR) is 378 cm³/mol. The molecule has 5 nitrogen and oxygen atoms in total. The summed E-state index contributed by atoms with van der Waals surface area (Å²) in [6.45, 7) is -0.292. The molecule has 14 aromatic carbocycles. The molecule has 2 aliphatic heterocycles. The molecule has 5 heterocycles. The summed E-state index contributed by atoms with van der Waals surface area (Å²) in [5.41, 5.74) is 27.8. The summed E-state index contributed by atoms with van der Waals surface area (Å²) in [6.07, 6.45) is 0. The first-order chi connectivity index (χ1) is 44.7. The fourth-order valence-electron chi connectivity index (χ4n) is 15.2. The van der Waals surface area contributed by atoms with E-state index in [0.29, 0.717) is 0 Å². The molecule has 0 bridgehead atoms. The zero-order chi connectivity index (χ0) is 59.0.